The van der Waals surface area contributed by atoms with Gasteiger partial charge in [0.25, 0.3) is 0 Å². The van der Waals surface area contributed by atoms with Crippen LogP contribution in [0.25, 0.3) is 10.9 Å². The van der Waals surface area contributed by atoms with E-state index in [0.717, 1.165) is 30.2 Å². The van der Waals surface area contributed by atoms with Crippen molar-refractivity contribution < 1.29 is 19.0 Å². The predicted octanol–water partition coefficient (Wildman–Crippen LogP) is 3.28. The topological polar surface area (TPSA) is 62.6 Å². The number of aromatic nitrogens is 2. The Balaban J connectivity index is 1.79. The molecule has 25 heavy (non-hydrogen) atoms. The van der Waals surface area contributed by atoms with Crippen molar-refractivity contribution in [3.63, 3.8) is 0 Å². The molecule has 0 amide bonds. The normalized spacial score (nSPS) is 28.0. The summed E-state index contributed by atoms with van der Waals surface area (Å²) in [5, 5.41) is 5.70. The molecule has 2 aromatic rings. The fourth-order valence-corrected chi connectivity index (χ4v) is 4.10. The third kappa shape index (κ3) is 2.59. The lowest BCUT2D eigenvalue weighted by Crippen LogP contribution is -2.33. The molecule has 2 bridgehead atoms. The van der Waals surface area contributed by atoms with Crippen LogP contribution in [0.15, 0.2) is 18.3 Å². The SMILES string of the molecule is COC(=O)c1cc2cn(C34CCC(C)(C3)OC4)nc2cc1OC(C)C. The van der Waals surface area contributed by atoms with Crippen LogP contribution in [0.1, 0.15) is 50.4 Å². The third-order valence-corrected chi connectivity index (χ3v) is 5.37. The number of carbonyl (C=O) groups is 1. The van der Waals surface area contributed by atoms with Crippen LogP contribution in [-0.4, -0.2) is 41.2 Å². The van der Waals surface area contributed by atoms with Crippen LogP contribution in [0.4, 0.5) is 0 Å². The summed E-state index contributed by atoms with van der Waals surface area (Å²) in [4.78, 5) is 12.1. The van der Waals surface area contributed by atoms with Gasteiger partial charge in [0.15, 0.2) is 0 Å². The summed E-state index contributed by atoms with van der Waals surface area (Å²) in [7, 11) is 1.38. The standard InChI is InChI=1S/C19H24N2O4/c1-12(2)25-16-8-15-13(7-14(16)17(22)23-4)9-21(20-15)19-6-5-18(3,10-19)24-11-19/h7-9,12H,5-6,10-11H2,1-4H3. The van der Waals surface area contributed by atoms with Gasteiger partial charge < -0.3 is 14.2 Å². The first kappa shape index (κ1) is 16.4. The van der Waals surface area contributed by atoms with Gasteiger partial charge in [0.2, 0.25) is 0 Å². The molecule has 1 aromatic heterocycles. The minimum absolute atomic E-state index is 0.0266. The molecule has 2 atom stereocenters. The highest BCUT2D eigenvalue weighted by atomic mass is 16.5. The second-order valence-corrected chi connectivity index (χ2v) is 7.78. The van der Waals surface area contributed by atoms with Crippen molar-refractivity contribution in [1.29, 1.82) is 0 Å². The molecular weight excluding hydrogens is 320 g/mol. The van der Waals surface area contributed by atoms with Crippen molar-refractivity contribution in [3.05, 3.63) is 23.9 Å². The summed E-state index contributed by atoms with van der Waals surface area (Å²) in [6.45, 7) is 6.72. The maximum Gasteiger partial charge on any atom is 0.341 e. The molecule has 0 radical (unpaired) electrons. The fourth-order valence-electron chi connectivity index (χ4n) is 4.10. The Bertz CT molecular complexity index is 831. The number of hydrogen-bond donors (Lipinski definition) is 0. The van der Waals surface area contributed by atoms with E-state index >= 15 is 0 Å². The maximum absolute atomic E-state index is 12.1. The first-order chi connectivity index (χ1) is 11.8. The van der Waals surface area contributed by atoms with Gasteiger partial charge in [-0.05, 0) is 39.7 Å². The molecule has 1 saturated heterocycles. The summed E-state index contributed by atoms with van der Waals surface area (Å²) in [5.41, 5.74) is 1.15. The smallest absolute Gasteiger partial charge is 0.341 e. The van der Waals surface area contributed by atoms with Gasteiger partial charge in [-0.2, -0.15) is 5.10 Å². The molecule has 1 aromatic carbocycles. The summed E-state index contributed by atoms with van der Waals surface area (Å²) in [5.74, 6) is 0.108. The van der Waals surface area contributed by atoms with Crippen LogP contribution < -0.4 is 4.74 Å². The second kappa shape index (κ2) is 5.46. The maximum atomic E-state index is 12.1. The van der Waals surface area contributed by atoms with Gasteiger partial charge >= 0.3 is 5.97 Å². The van der Waals surface area contributed by atoms with Crippen LogP contribution in [0.3, 0.4) is 0 Å². The molecule has 2 unspecified atom stereocenters. The molecule has 2 fully saturated rings. The number of carbonyl (C=O) groups excluding carboxylic acids is 1. The highest BCUT2D eigenvalue weighted by molar-refractivity contribution is 5.97. The van der Waals surface area contributed by atoms with E-state index in [1.165, 1.54) is 7.11 Å². The van der Waals surface area contributed by atoms with Crippen molar-refractivity contribution in [2.24, 2.45) is 0 Å². The molecule has 134 valence electrons. The molecule has 4 rings (SSSR count). The van der Waals surface area contributed by atoms with Gasteiger partial charge in [-0.3, -0.25) is 4.68 Å². The van der Waals surface area contributed by atoms with Crippen molar-refractivity contribution in [2.75, 3.05) is 13.7 Å². The molecule has 1 aliphatic carbocycles. The van der Waals surface area contributed by atoms with E-state index in [4.69, 9.17) is 19.3 Å². The van der Waals surface area contributed by atoms with E-state index in [0.29, 0.717) is 17.9 Å². The van der Waals surface area contributed by atoms with E-state index in [1.807, 2.05) is 36.9 Å². The monoisotopic (exact) mass is 344 g/mol. The van der Waals surface area contributed by atoms with Gasteiger partial charge in [-0.15, -0.1) is 0 Å². The molecule has 0 N–H and O–H groups in total. The number of rotatable bonds is 4. The van der Waals surface area contributed by atoms with Crippen molar-refractivity contribution in [3.8, 4) is 5.75 Å². The third-order valence-electron chi connectivity index (χ3n) is 5.37. The minimum atomic E-state index is -0.402. The highest BCUT2D eigenvalue weighted by Gasteiger charge is 2.54. The Morgan fingerprint density at radius 2 is 2.16 bits per heavy atom. The van der Waals surface area contributed by atoms with Gasteiger partial charge in [-0.1, -0.05) is 0 Å². The zero-order valence-electron chi connectivity index (χ0n) is 15.2. The molecule has 1 aliphatic heterocycles. The Hall–Kier alpha value is -2.08. The zero-order valence-corrected chi connectivity index (χ0v) is 15.2. The van der Waals surface area contributed by atoms with E-state index in [9.17, 15) is 4.79 Å². The number of nitrogens with zero attached hydrogens (tertiary/aromatic N) is 2. The minimum Gasteiger partial charge on any atom is -0.490 e. The lowest BCUT2D eigenvalue weighted by atomic mass is 9.99. The number of ether oxygens (including phenoxy) is 3. The first-order valence-electron chi connectivity index (χ1n) is 8.77. The largest absolute Gasteiger partial charge is 0.490 e. The zero-order chi connectivity index (χ0) is 17.8. The van der Waals surface area contributed by atoms with Crippen LogP contribution in [0, 0.1) is 0 Å². The van der Waals surface area contributed by atoms with E-state index in [2.05, 4.69) is 6.92 Å². The van der Waals surface area contributed by atoms with Crippen molar-refractivity contribution >= 4 is 16.9 Å². The summed E-state index contributed by atoms with van der Waals surface area (Å²) >= 11 is 0. The summed E-state index contributed by atoms with van der Waals surface area (Å²) in [6.07, 6.45) is 5.07. The van der Waals surface area contributed by atoms with E-state index in [-0.39, 0.29) is 17.2 Å². The summed E-state index contributed by atoms with van der Waals surface area (Å²) < 4.78 is 18.7. The molecular formula is C19H24N2O4. The van der Waals surface area contributed by atoms with Crippen LogP contribution in [-0.2, 0) is 15.0 Å². The molecule has 6 nitrogen and oxygen atoms in total. The molecule has 6 heteroatoms. The molecule has 2 aliphatic rings. The second-order valence-electron chi connectivity index (χ2n) is 7.78. The number of methoxy groups -OCH3 is 1. The quantitative estimate of drug-likeness (QED) is 0.797. The Kier molecular flexibility index (Phi) is 3.58. The average molecular weight is 344 g/mol. The Morgan fingerprint density at radius 3 is 2.72 bits per heavy atom. The lowest BCUT2D eigenvalue weighted by molar-refractivity contribution is -0.0149. The highest BCUT2D eigenvalue weighted by Crippen LogP contribution is 2.51. The van der Waals surface area contributed by atoms with Gasteiger partial charge in [0.1, 0.15) is 11.3 Å². The van der Waals surface area contributed by atoms with Crippen molar-refractivity contribution in [2.45, 2.75) is 57.3 Å². The summed E-state index contributed by atoms with van der Waals surface area (Å²) in [6, 6.07) is 3.64. The lowest BCUT2D eigenvalue weighted by Gasteiger charge is -2.26. The number of esters is 1. The molecule has 1 saturated carbocycles. The Labute approximate surface area is 147 Å². The van der Waals surface area contributed by atoms with Crippen molar-refractivity contribution in [1.82, 2.24) is 9.78 Å². The number of hydrogen-bond acceptors (Lipinski definition) is 5. The van der Waals surface area contributed by atoms with E-state index in [1.54, 1.807) is 0 Å². The fraction of sp³-hybridized carbons (Fsp3) is 0.579. The van der Waals surface area contributed by atoms with Crippen LogP contribution in [0.2, 0.25) is 0 Å². The Morgan fingerprint density at radius 1 is 1.36 bits per heavy atom. The molecule has 0 spiro atoms. The molecule has 2 heterocycles. The average Bonchev–Trinajstić information content (AvgIpc) is 3.23. The van der Waals surface area contributed by atoms with Crippen LogP contribution >= 0.6 is 0 Å². The predicted molar refractivity (Wildman–Crippen MR) is 93.0 cm³/mol. The van der Waals surface area contributed by atoms with Gasteiger partial charge in [0.05, 0.1) is 36.5 Å². The van der Waals surface area contributed by atoms with Gasteiger partial charge in [0, 0.05) is 24.1 Å². The van der Waals surface area contributed by atoms with E-state index < -0.39 is 5.97 Å². The van der Waals surface area contributed by atoms with Gasteiger partial charge in [-0.25, -0.2) is 4.79 Å². The number of fused-ring (bicyclic) bond motifs is 3. The first-order valence-corrected chi connectivity index (χ1v) is 8.77. The van der Waals surface area contributed by atoms with Crippen LogP contribution in [0.5, 0.6) is 5.75 Å². The number of benzene rings is 1.